The van der Waals surface area contributed by atoms with Crippen molar-refractivity contribution in [2.75, 3.05) is 13.1 Å². The number of carbonyl (C=O) groups is 2. The van der Waals surface area contributed by atoms with Crippen LogP contribution in [0.5, 0.6) is 17.2 Å². The number of phenolic OH excluding ortho intramolecular Hbond substituents is 1. The molecule has 4 rings (SSSR count). The standard InChI is InChI=1S/C20H21BN2O7/c22-17(10-1-3-11(24)4-2-10)19(26)23-8-12(9-23)29-15-6-5-13-14(25)7-21-30-18(13)16(15)20(27)28/h1-6,12,14,17,21,24-25H,7-9,22H2,(H,27,28)/t14?,17-/m1/s1. The van der Waals surface area contributed by atoms with Gasteiger partial charge in [-0.2, -0.15) is 0 Å². The second kappa shape index (κ2) is 7.89. The number of carbonyl (C=O) groups excluding carboxylic acids is 1. The number of aliphatic hydroxyl groups is 1. The molecule has 10 heteroatoms. The first-order valence-electron chi connectivity index (χ1n) is 9.56. The number of benzene rings is 2. The van der Waals surface area contributed by atoms with Crippen LogP contribution in [0.1, 0.15) is 33.6 Å². The van der Waals surface area contributed by atoms with Crippen LogP contribution in [-0.4, -0.2) is 58.8 Å². The summed E-state index contributed by atoms with van der Waals surface area (Å²) in [4.78, 5) is 25.9. The molecule has 2 aromatic carbocycles. The van der Waals surface area contributed by atoms with Gasteiger partial charge in [-0.05, 0) is 36.1 Å². The molecule has 30 heavy (non-hydrogen) atoms. The minimum Gasteiger partial charge on any atom is -0.563 e. The fourth-order valence-electron chi connectivity index (χ4n) is 3.62. The predicted octanol–water partition coefficient (Wildman–Crippen LogP) is 0.576. The molecule has 1 fully saturated rings. The van der Waals surface area contributed by atoms with Gasteiger partial charge in [0.15, 0.2) is 0 Å². The lowest BCUT2D eigenvalue weighted by atomic mass is 9.83. The van der Waals surface area contributed by atoms with Gasteiger partial charge in [0.1, 0.15) is 35.0 Å². The molecule has 9 nitrogen and oxygen atoms in total. The van der Waals surface area contributed by atoms with Crippen molar-refractivity contribution in [3.05, 3.63) is 53.1 Å². The zero-order valence-corrected chi connectivity index (χ0v) is 16.0. The van der Waals surface area contributed by atoms with Crippen LogP contribution in [-0.2, 0) is 4.79 Å². The Kier molecular flexibility index (Phi) is 5.27. The van der Waals surface area contributed by atoms with Gasteiger partial charge in [0.2, 0.25) is 5.91 Å². The summed E-state index contributed by atoms with van der Waals surface area (Å²) < 4.78 is 11.3. The number of hydrogen-bond donors (Lipinski definition) is 4. The van der Waals surface area contributed by atoms with Crippen LogP contribution in [0.15, 0.2) is 36.4 Å². The SMILES string of the molecule is N[C@@H](C(=O)N1CC(Oc2ccc3c(c2C(=O)O)OBCC3O)C1)c1ccc(O)cc1. The maximum Gasteiger partial charge on any atom is 0.343 e. The first-order valence-corrected chi connectivity index (χ1v) is 9.56. The number of aliphatic hydroxyl groups excluding tert-OH is 1. The summed E-state index contributed by atoms with van der Waals surface area (Å²) in [6, 6.07) is 8.36. The first-order chi connectivity index (χ1) is 14.3. The van der Waals surface area contributed by atoms with Crippen LogP contribution in [0.4, 0.5) is 0 Å². The second-order valence-corrected chi connectivity index (χ2v) is 7.37. The maximum absolute atomic E-state index is 12.6. The molecule has 0 saturated carbocycles. The Balaban J connectivity index is 1.43. The number of amides is 1. The van der Waals surface area contributed by atoms with E-state index in [2.05, 4.69) is 0 Å². The van der Waals surface area contributed by atoms with Crippen LogP contribution in [0, 0.1) is 0 Å². The highest BCUT2D eigenvalue weighted by atomic mass is 16.5. The molecule has 2 atom stereocenters. The highest BCUT2D eigenvalue weighted by Gasteiger charge is 2.37. The number of aromatic hydroxyl groups is 1. The van der Waals surface area contributed by atoms with E-state index >= 15 is 0 Å². The third-order valence-corrected chi connectivity index (χ3v) is 5.33. The first kappa shape index (κ1) is 20.1. The number of likely N-dealkylation sites (tertiary alicyclic amines) is 1. The molecule has 2 aliphatic heterocycles. The molecule has 1 saturated heterocycles. The molecule has 2 aromatic rings. The molecule has 0 radical (unpaired) electrons. The molecular weight excluding hydrogens is 391 g/mol. The minimum atomic E-state index is -1.21. The number of hydrogen-bond acceptors (Lipinski definition) is 7. The van der Waals surface area contributed by atoms with Gasteiger partial charge in [-0.15, -0.1) is 0 Å². The van der Waals surface area contributed by atoms with E-state index in [1.807, 2.05) is 0 Å². The lowest BCUT2D eigenvalue weighted by molar-refractivity contribution is -0.141. The van der Waals surface area contributed by atoms with Crippen LogP contribution in [0.2, 0.25) is 6.32 Å². The van der Waals surface area contributed by atoms with Crippen molar-refractivity contribution in [2.45, 2.75) is 24.6 Å². The largest absolute Gasteiger partial charge is 0.563 e. The summed E-state index contributed by atoms with van der Waals surface area (Å²) in [5.74, 6) is -1.14. The van der Waals surface area contributed by atoms with Crippen molar-refractivity contribution in [2.24, 2.45) is 5.73 Å². The number of carboxylic acids is 1. The molecule has 0 spiro atoms. The number of nitrogens with zero attached hydrogens (tertiary/aromatic N) is 1. The quantitative estimate of drug-likeness (QED) is 0.523. The number of phenols is 1. The Labute approximate surface area is 172 Å². The molecule has 2 aliphatic rings. The Morgan fingerprint density at radius 2 is 1.90 bits per heavy atom. The number of ether oxygens (including phenoxy) is 1. The number of carboxylic acid groups (broad SMARTS) is 1. The van der Waals surface area contributed by atoms with Crippen LogP contribution in [0.25, 0.3) is 0 Å². The van der Waals surface area contributed by atoms with E-state index in [0.29, 0.717) is 17.4 Å². The van der Waals surface area contributed by atoms with Crippen molar-refractivity contribution in [3.63, 3.8) is 0 Å². The van der Waals surface area contributed by atoms with E-state index in [-0.39, 0.29) is 55.4 Å². The highest BCUT2D eigenvalue weighted by molar-refractivity contribution is 6.29. The summed E-state index contributed by atoms with van der Waals surface area (Å²) in [5, 5.41) is 29.1. The topological polar surface area (TPSA) is 143 Å². The predicted molar refractivity (Wildman–Crippen MR) is 107 cm³/mol. The monoisotopic (exact) mass is 412 g/mol. The van der Waals surface area contributed by atoms with Gasteiger partial charge in [0.25, 0.3) is 0 Å². The minimum absolute atomic E-state index is 0.0894. The van der Waals surface area contributed by atoms with E-state index < -0.39 is 18.1 Å². The lowest BCUT2D eigenvalue weighted by Crippen LogP contribution is -2.58. The molecule has 1 amide bonds. The average Bonchev–Trinajstić information content (AvgIpc) is 2.69. The highest BCUT2D eigenvalue weighted by Crippen LogP contribution is 2.40. The summed E-state index contributed by atoms with van der Waals surface area (Å²) in [7, 11) is 0.221. The normalized spacial score (nSPS) is 19.0. The Bertz CT molecular complexity index is 976. The van der Waals surface area contributed by atoms with E-state index in [1.165, 1.54) is 23.1 Å². The van der Waals surface area contributed by atoms with Gasteiger partial charge in [0, 0.05) is 5.56 Å². The van der Waals surface area contributed by atoms with Crippen molar-refractivity contribution in [1.29, 1.82) is 0 Å². The lowest BCUT2D eigenvalue weighted by Gasteiger charge is -2.40. The number of rotatable bonds is 5. The molecule has 0 aromatic heterocycles. The Hall–Kier alpha value is -3.24. The number of aromatic carboxylic acids is 1. The van der Waals surface area contributed by atoms with Gasteiger partial charge in [-0.1, -0.05) is 12.1 Å². The van der Waals surface area contributed by atoms with Gasteiger partial charge in [-0.25, -0.2) is 4.79 Å². The zero-order valence-electron chi connectivity index (χ0n) is 16.0. The van der Waals surface area contributed by atoms with Crippen molar-refractivity contribution in [3.8, 4) is 17.2 Å². The smallest absolute Gasteiger partial charge is 0.343 e. The van der Waals surface area contributed by atoms with E-state index in [4.69, 9.17) is 15.1 Å². The molecular formula is C20H21BN2O7. The van der Waals surface area contributed by atoms with Gasteiger partial charge < -0.3 is 35.3 Å². The fraction of sp³-hybridized carbons (Fsp3) is 0.300. The molecule has 0 aliphatic carbocycles. The van der Waals surface area contributed by atoms with Crippen LogP contribution < -0.4 is 15.1 Å². The van der Waals surface area contributed by atoms with Crippen LogP contribution >= 0.6 is 0 Å². The van der Waals surface area contributed by atoms with E-state index in [1.54, 1.807) is 18.2 Å². The number of fused-ring (bicyclic) bond motifs is 1. The third kappa shape index (κ3) is 3.67. The Morgan fingerprint density at radius 1 is 1.20 bits per heavy atom. The van der Waals surface area contributed by atoms with Crippen molar-refractivity contribution < 1.29 is 34.3 Å². The zero-order chi connectivity index (χ0) is 21.4. The van der Waals surface area contributed by atoms with Crippen LogP contribution in [0.3, 0.4) is 0 Å². The number of nitrogens with two attached hydrogens (primary N) is 1. The maximum atomic E-state index is 12.6. The van der Waals surface area contributed by atoms with Crippen molar-refractivity contribution in [1.82, 2.24) is 4.90 Å². The second-order valence-electron chi connectivity index (χ2n) is 7.37. The summed E-state index contributed by atoms with van der Waals surface area (Å²) in [6.45, 7) is 0.536. The van der Waals surface area contributed by atoms with E-state index in [0.717, 1.165) is 0 Å². The molecule has 156 valence electrons. The van der Waals surface area contributed by atoms with E-state index in [9.17, 15) is 24.9 Å². The third-order valence-electron chi connectivity index (χ3n) is 5.33. The molecule has 1 unspecified atom stereocenters. The molecule has 0 bridgehead atoms. The molecule has 2 heterocycles. The Morgan fingerprint density at radius 3 is 2.57 bits per heavy atom. The van der Waals surface area contributed by atoms with Gasteiger partial charge in [-0.3, -0.25) is 4.79 Å². The summed E-state index contributed by atoms with van der Waals surface area (Å²) >= 11 is 0. The van der Waals surface area contributed by atoms with Crippen molar-refractivity contribution >= 4 is 19.4 Å². The molecule has 5 N–H and O–H groups in total. The van der Waals surface area contributed by atoms with Gasteiger partial charge in [0.05, 0.1) is 19.2 Å². The summed E-state index contributed by atoms with van der Waals surface area (Å²) in [5.41, 5.74) is 6.90. The fourth-order valence-corrected chi connectivity index (χ4v) is 3.62. The van der Waals surface area contributed by atoms with Gasteiger partial charge >= 0.3 is 13.5 Å². The average molecular weight is 412 g/mol. The summed E-state index contributed by atoms with van der Waals surface area (Å²) in [6.07, 6.45) is -0.766.